The van der Waals surface area contributed by atoms with Crippen LogP contribution in [-0.2, 0) is 22.4 Å². The normalized spacial score (nSPS) is 17.4. The van der Waals surface area contributed by atoms with Gasteiger partial charge in [-0.15, -0.1) is 0 Å². The molecule has 0 radical (unpaired) electrons. The molecule has 0 fully saturated rings. The van der Waals surface area contributed by atoms with Crippen LogP contribution in [0.15, 0.2) is 12.1 Å². The summed E-state index contributed by atoms with van der Waals surface area (Å²) in [4.78, 5) is 22.3. The van der Waals surface area contributed by atoms with E-state index >= 15 is 0 Å². The molecular formula is C10H8N2O2. The number of carbonyl (C=O) groups excluding carboxylic acids is 2. The monoisotopic (exact) mass is 188 g/mol. The van der Waals surface area contributed by atoms with E-state index in [1.807, 2.05) is 12.1 Å². The summed E-state index contributed by atoms with van der Waals surface area (Å²) >= 11 is 0. The van der Waals surface area contributed by atoms with Crippen molar-refractivity contribution in [3.05, 3.63) is 23.3 Å². The summed E-state index contributed by atoms with van der Waals surface area (Å²) in [6, 6.07) is 3.68. The molecule has 70 valence electrons. The third-order valence-electron chi connectivity index (χ3n) is 2.65. The lowest BCUT2D eigenvalue weighted by Gasteiger charge is -2.03. The molecule has 2 amide bonds. The van der Waals surface area contributed by atoms with Crippen LogP contribution in [0.4, 0.5) is 11.4 Å². The van der Waals surface area contributed by atoms with Gasteiger partial charge in [0, 0.05) is 11.4 Å². The minimum atomic E-state index is 0.00717. The van der Waals surface area contributed by atoms with Crippen LogP contribution in [0, 0.1) is 0 Å². The topological polar surface area (TPSA) is 58.2 Å². The van der Waals surface area contributed by atoms with Gasteiger partial charge in [-0.3, -0.25) is 9.59 Å². The van der Waals surface area contributed by atoms with Crippen molar-refractivity contribution in [2.24, 2.45) is 0 Å². The predicted molar refractivity (Wildman–Crippen MR) is 51.1 cm³/mol. The molecule has 4 heteroatoms. The molecule has 0 aliphatic carbocycles. The van der Waals surface area contributed by atoms with Crippen LogP contribution in [0.5, 0.6) is 0 Å². The molecule has 4 nitrogen and oxygen atoms in total. The number of rotatable bonds is 0. The summed E-state index contributed by atoms with van der Waals surface area (Å²) in [5.74, 6) is 0.0143. The van der Waals surface area contributed by atoms with E-state index in [9.17, 15) is 9.59 Å². The van der Waals surface area contributed by atoms with Crippen LogP contribution in [0.1, 0.15) is 11.1 Å². The van der Waals surface area contributed by atoms with Gasteiger partial charge in [0.2, 0.25) is 11.8 Å². The molecule has 0 aromatic heterocycles. The van der Waals surface area contributed by atoms with E-state index in [4.69, 9.17) is 0 Å². The number of nitrogens with one attached hydrogen (secondary N) is 2. The van der Waals surface area contributed by atoms with Gasteiger partial charge in [-0.2, -0.15) is 0 Å². The second-order valence-corrected chi connectivity index (χ2v) is 3.57. The van der Waals surface area contributed by atoms with E-state index in [0.29, 0.717) is 12.8 Å². The van der Waals surface area contributed by atoms with Crippen LogP contribution >= 0.6 is 0 Å². The van der Waals surface area contributed by atoms with Crippen molar-refractivity contribution in [3.8, 4) is 0 Å². The zero-order valence-corrected chi connectivity index (χ0v) is 7.39. The standard InChI is InChI=1S/C10H8N2O2/c13-9-3-5-6-4-10(14)12-8(6)2-1-7(5)11-9/h1-2H,3-4H2,(H,11,13)(H,12,14). The van der Waals surface area contributed by atoms with Crippen molar-refractivity contribution >= 4 is 23.2 Å². The number of amides is 2. The fraction of sp³-hybridized carbons (Fsp3) is 0.200. The molecule has 0 saturated carbocycles. The summed E-state index contributed by atoms with van der Waals surface area (Å²) in [5, 5.41) is 5.53. The Hall–Kier alpha value is -1.84. The Balaban J connectivity index is 2.19. The second kappa shape index (κ2) is 2.35. The maximum atomic E-state index is 11.2. The molecule has 0 unspecified atom stereocenters. The van der Waals surface area contributed by atoms with E-state index in [1.54, 1.807) is 0 Å². The summed E-state index contributed by atoms with van der Waals surface area (Å²) < 4.78 is 0. The zero-order chi connectivity index (χ0) is 9.71. The molecule has 2 N–H and O–H groups in total. The van der Waals surface area contributed by atoms with Crippen molar-refractivity contribution in [3.63, 3.8) is 0 Å². The van der Waals surface area contributed by atoms with Crippen LogP contribution in [-0.4, -0.2) is 11.8 Å². The number of hydrogen-bond acceptors (Lipinski definition) is 2. The molecule has 0 atom stereocenters. The number of carbonyl (C=O) groups is 2. The first-order valence-corrected chi connectivity index (χ1v) is 4.48. The molecule has 2 aliphatic rings. The van der Waals surface area contributed by atoms with Crippen LogP contribution in [0.3, 0.4) is 0 Å². The molecule has 2 aliphatic heterocycles. The SMILES string of the molecule is O=C1Cc2c(ccc3c2CC(=O)N3)N1. The minimum Gasteiger partial charge on any atom is -0.326 e. The van der Waals surface area contributed by atoms with Gasteiger partial charge in [0.1, 0.15) is 0 Å². The van der Waals surface area contributed by atoms with Crippen molar-refractivity contribution < 1.29 is 9.59 Å². The van der Waals surface area contributed by atoms with Crippen molar-refractivity contribution in [2.75, 3.05) is 10.6 Å². The average Bonchev–Trinajstić information content (AvgIpc) is 2.65. The Labute approximate surface area is 80.3 Å². The first-order valence-electron chi connectivity index (χ1n) is 4.48. The van der Waals surface area contributed by atoms with Crippen LogP contribution in [0.2, 0.25) is 0 Å². The summed E-state index contributed by atoms with van der Waals surface area (Å²) in [5.41, 5.74) is 3.66. The van der Waals surface area contributed by atoms with Gasteiger partial charge in [0.25, 0.3) is 0 Å². The number of anilines is 2. The molecule has 1 aromatic carbocycles. The predicted octanol–water partition coefficient (Wildman–Crippen LogP) is 0.676. The lowest BCUT2D eigenvalue weighted by atomic mass is 10.0. The largest absolute Gasteiger partial charge is 0.326 e. The Morgan fingerprint density at radius 2 is 1.29 bits per heavy atom. The maximum Gasteiger partial charge on any atom is 0.228 e. The molecule has 14 heavy (non-hydrogen) atoms. The molecule has 0 bridgehead atoms. The summed E-state index contributed by atoms with van der Waals surface area (Å²) in [7, 11) is 0. The van der Waals surface area contributed by atoms with Gasteiger partial charge in [-0.25, -0.2) is 0 Å². The van der Waals surface area contributed by atoms with E-state index in [0.717, 1.165) is 22.5 Å². The Bertz CT molecular complexity index is 422. The number of hydrogen-bond donors (Lipinski definition) is 2. The van der Waals surface area contributed by atoms with Gasteiger partial charge < -0.3 is 10.6 Å². The first kappa shape index (κ1) is 7.55. The Kier molecular flexibility index (Phi) is 1.27. The summed E-state index contributed by atoms with van der Waals surface area (Å²) in [6.07, 6.45) is 0.793. The van der Waals surface area contributed by atoms with Crippen molar-refractivity contribution in [2.45, 2.75) is 12.8 Å². The van der Waals surface area contributed by atoms with Crippen molar-refractivity contribution in [1.82, 2.24) is 0 Å². The molecule has 3 rings (SSSR count). The zero-order valence-electron chi connectivity index (χ0n) is 7.39. The Morgan fingerprint density at radius 1 is 0.857 bits per heavy atom. The van der Waals surface area contributed by atoms with Gasteiger partial charge in [0.15, 0.2) is 0 Å². The third kappa shape index (κ3) is 0.878. The molecule has 0 spiro atoms. The van der Waals surface area contributed by atoms with Crippen molar-refractivity contribution in [1.29, 1.82) is 0 Å². The third-order valence-corrected chi connectivity index (χ3v) is 2.65. The quantitative estimate of drug-likeness (QED) is 0.628. The van der Waals surface area contributed by atoms with E-state index in [1.165, 1.54) is 0 Å². The fourth-order valence-electron chi connectivity index (χ4n) is 2.04. The van der Waals surface area contributed by atoms with Crippen LogP contribution in [0.25, 0.3) is 0 Å². The maximum absolute atomic E-state index is 11.2. The van der Waals surface area contributed by atoms with Gasteiger partial charge in [0.05, 0.1) is 12.8 Å². The van der Waals surface area contributed by atoms with E-state index in [2.05, 4.69) is 10.6 Å². The average molecular weight is 188 g/mol. The lowest BCUT2D eigenvalue weighted by Crippen LogP contribution is -2.04. The molecule has 2 heterocycles. The highest BCUT2D eigenvalue weighted by atomic mass is 16.2. The number of benzene rings is 1. The van der Waals surface area contributed by atoms with Gasteiger partial charge >= 0.3 is 0 Å². The van der Waals surface area contributed by atoms with Gasteiger partial charge in [-0.1, -0.05) is 0 Å². The minimum absolute atomic E-state index is 0.00717. The first-order chi connectivity index (χ1) is 6.74. The number of fused-ring (bicyclic) bond motifs is 3. The smallest absolute Gasteiger partial charge is 0.228 e. The fourth-order valence-corrected chi connectivity index (χ4v) is 2.04. The molecule has 1 aromatic rings. The lowest BCUT2D eigenvalue weighted by molar-refractivity contribution is -0.116. The van der Waals surface area contributed by atoms with Crippen LogP contribution < -0.4 is 10.6 Å². The van der Waals surface area contributed by atoms with Gasteiger partial charge in [-0.05, 0) is 23.3 Å². The highest BCUT2D eigenvalue weighted by Crippen LogP contribution is 2.34. The summed E-state index contributed by atoms with van der Waals surface area (Å²) in [6.45, 7) is 0. The second-order valence-electron chi connectivity index (χ2n) is 3.57. The van der Waals surface area contributed by atoms with E-state index in [-0.39, 0.29) is 11.8 Å². The highest BCUT2D eigenvalue weighted by molar-refractivity contribution is 6.05. The molecular weight excluding hydrogens is 180 g/mol. The Morgan fingerprint density at radius 3 is 1.71 bits per heavy atom. The highest BCUT2D eigenvalue weighted by Gasteiger charge is 2.27. The van der Waals surface area contributed by atoms with E-state index < -0.39 is 0 Å². The molecule has 0 saturated heterocycles.